The molecule has 0 radical (unpaired) electrons. The predicted molar refractivity (Wildman–Crippen MR) is 78.5 cm³/mol. The quantitative estimate of drug-likeness (QED) is 0.601. The van der Waals surface area contributed by atoms with Crippen LogP contribution in [0.2, 0.25) is 5.02 Å². The summed E-state index contributed by atoms with van der Waals surface area (Å²) in [5.74, 6) is 5.45. The van der Waals surface area contributed by atoms with Crippen LogP contribution in [0.3, 0.4) is 0 Å². The highest BCUT2D eigenvalue weighted by molar-refractivity contribution is 6.36. The van der Waals surface area contributed by atoms with E-state index < -0.39 is 11.7 Å². The fraction of sp³-hybridized carbons (Fsp3) is 0.0625. The number of benzene rings is 1. The van der Waals surface area contributed by atoms with E-state index in [2.05, 4.69) is 21.8 Å². The van der Waals surface area contributed by atoms with E-state index >= 15 is 0 Å². The van der Waals surface area contributed by atoms with E-state index in [0.717, 1.165) is 17.5 Å². The lowest BCUT2D eigenvalue weighted by Crippen LogP contribution is -2.04. The molecule has 0 unspecified atom stereocenters. The van der Waals surface area contributed by atoms with Crippen LogP contribution in [0.25, 0.3) is 11.0 Å². The molecule has 6 heteroatoms. The van der Waals surface area contributed by atoms with Crippen molar-refractivity contribution in [2.75, 3.05) is 0 Å². The molecule has 0 amide bonds. The van der Waals surface area contributed by atoms with Crippen molar-refractivity contribution in [1.82, 2.24) is 9.97 Å². The molecule has 2 heterocycles. The lowest BCUT2D eigenvalue weighted by molar-refractivity contribution is -0.137. The second-order valence-corrected chi connectivity index (χ2v) is 4.93. The van der Waals surface area contributed by atoms with Crippen molar-refractivity contribution in [3.05, 3.63) is 64.4 Å². The molecule has 3 aromatic rings. The summed E-state index contributed by atoms with van der Waals surface area (Å²) in [6.45, 7) is 0. The van der Waals surface area contributed by atoms with E-state index in [1.807, 2.05) is 0 Å². The Labute approximate surface area is 128 Å². The predicted octanol–water partition coefficient (Wildman–Crippen LogP) is 4.63. The van der Waals surface area contributed by atoms with Crippen LogP contribution >= 0.6 is 11.6 Å². The average Bonchev–Trinajstić information content (AvgIpc) is 2.95. The molecular formula is C16H8ClF3N2. The summed E-state index contributed by atoms with van der Waals surface area (Å²) in [5, 5.41) is 1.14. The Hall–Kier alpha value is -2.45. The van der Waals surface area contributed by atoms with Crippen LogP contribution in [0.4, 0.5) is 13.2 Å². The normalized spacial score (nSPS) is 11.3. The number of rotatable bonds is 0. The average molecular weight is 321 g/mol. The zero-order valence-electron chi connectivity index (χ0n) is 11.0. The number of H-pyrrole nitrogens is 1. The molecule has 0 fully saturated rings. The summed E-state index contributed by atoms with van der Waals surface area (Å²) in [6.07, 6.45) is -1.20. The highest BCUT2D eigenvalue weighted by Crippen LogP contribution is 2.29. The lowest BCUT2D eigenvalue weighted by atomic mass is 10.1. The van der Waals surface area contributed by atoms with Crippen molar-refractivity contribution < 1.29 is 13.2 Å². The number of nitrogens with zero attached hydrogens (tertiary/aromatic N) is 1. The smallest absolute Gasteiger partial charge is 0.346 e. The highest BCUT2D eigenvalue weighted by Gasteiger charge is 2.30. The van der Waals surface area contributed by atoms with Crippen LogP contribution < -0.4 is 0 Å². The van der Waals surface area contributed by atoms with Crippen molar-refractivity contribution in [1.29, 1.82) is 0 Å². The van der Waals surface area contributed by atoms with Crippen molar-refractivity contribution in [3.8, 4) is 11.8 Å². The molecule has 110 valence electrons. The van der Waals surface area contributed by atoms with Crippen LogP contribution in [0.5, 0.6) is 0 Å². The second-order valence-electron chi connectivity index (χ2n) is 4.55. The zero-order chi connectivity index (χ0) is 15.7. The largest absolute Gasteiger partial charge is 0.416 e. The molecule has 0 spiro atoms. The Morgan fingerprint density at radius 3 is 2.73 bits per heavy atom. The third-order valence-electron chi connectivity index (χ3n) is 3.05. The van der Waals surface area contributed by atoms with Crippen molar-refractivity contribution in [3.63, 3.8) is 0 Å². The number of fused-ring (bicyclic) bond motifs is 1. The summed E-state index contributed by atoms with van der Waals surface area (Å²) >= 11 is 6.21. The van der Waals surface area contributed by atoms with Crippen LogP contribution in [-0.2, 0) is 6.18 Å². The Morgan fingerprint density at radius 1 is 1.14 bits per heavy atom. The van der Waals surface area contributed by atoms with Gasteiger partial charge in [0.15, 0.2) is 0 Å². The first-order valence-corrected chi connectivity index (χ1v) is 6.64. The van der Waals surface area contributed by atoms with Gasteiger partial charge in [0, 0.05) is 23.3 Å². The topological polar surface area (TPSA) is 28.7 Å². The molecule has 22 heavy (non-hydrogen) atoms. The Kier molecular flexibility index (Phi) is 3.55. The monoisotopic (exact) mass is 320 g/mol. The molecule has 0 aliphatic heterocycles. The molecule has 1 N–H and O–H groups in total. The fourth-order valence-corrected chi connectivity index (χ4v) is 2.22. The van der Waals surface area contributed by atoms with Gasteiger partial charge in [0.05, 0.1) is 16.1 Å². The molecule has 0 saturated heterocycles. The number of nitrogens with one attached hydrogen (secondary N) is 1. The van der Waals surface area contributed by atoms with Gasteiger partial charge in [0.2, 0.25) is 0 Å². The van der Waals surface area contributed by atoms with Crippen LogP contribution in [0.15, 0.2) is 42.7 Å². The minimum Gasteiger partial charge on any atom is -0.346 e. The van der Waals surface area contributed by atoms with Crippen molar-refractivity contribution in [2.45, 2.75) is 6.18 Å². The zero-order valence-corrected chi connectivity index (χ0v) is 11.8. The van der Waals surface area contributed by atoms with Gasteiger partial charge in [-0.2, -0.15) is 13.2 Å². The number of halogens is 4. The number of hydrogen-bond donors (Lipinski definition) is 1. The Morgan fingerprint density at radius 2 is 1.95 bits per heavy atom. The summed E-state index contributed by atoms with van der Waals surface area (Å²) in [5.41, 5.74) is 0.630. The fourth-order valence-electron chi connectivity index (χ4n) is 1.98. The third kappa shape index (κ3) is 2.78. The SMILES string of the molecule is FC(F)(F)c1cccc(C#Cc2cnc3[nH]ccc3c2Cl)c1. The maximum atomic E-state index is 12.7. The van der Waals surface area contributed by atoms with Crippen LogP contribution in [-0.4, -0.2) is 9.97 Å². The molecule has 0 aliphatic rings. The van der Waals surface area contributed by atoms with Crippen molar-refractivity contribution >= 4 is 22.6 Å². The molecule has 0 atom stereocenters. The molecule has 0 aliphatic carbocycles. The van der Waals surface area contributed by atoms with E-state index in [1.165, 1.54) is 18.3 Å². The van der Waals surface area contributed by atoms with Gasteiger partial charge in [0.1, 0.15) is 5.65 Å². The van der Waals surface area contributed by atoms with Gasteiger partial charge < -0.3 is 4.98 Å². The maximum absolute atomic E-state index is 12.7. The Bertz CT molecular complexity index is 901. The maximum Gasteiger partial charge on any atom is 0.416 e. The van der Waals surface area contributed by atoms with E-state index in [4.69, 9.17) is 11.6 Å². The van der Waals surface area contributed by atoms with Gasteiger partial charge in [-0.25, -0.2) is 4.98 Å². The standard InChI is InChI=1S/C16H8ClF3N2/c17-14-11(9-22-15-13(14)6-7-21-15)5-4-10-2-1-3-12(8-10)16(18,19)20/h1-3,6-9H,(H,21,22). The number of aromatic nitrogens is 2. The molecule has 2 aromatic heterocycles. The van der Waals surface area contributed by atoms with Gasteiger partial charge in [-0.15, -0.1) is 0 Å². The van der Waals surface area contributed by atoms with E-state index in [-0.39, 0.29) is 5.56 Å². The molecule has 3 rings (SSSR count). The van der Waals surface area contributed by atoms with E-state index in [0.29, 0.717) is 16.2 Å². The van der Waals surface area contributed by atoms with Crippen LogP contribution in [0, 0.1) is 11.8 Å². The lowest BCUT2D eigenvalue weighted by Gasteiger charge is -2.05. The number of pyridine rings is 1. The number of alkyl halides is 3. The van der Waals surface area contributed by atoms with Crippen LogP contribution in [0.1, 0.15) is 16.7 Å². The first kappa shape index (κ1) is 14.5. The summed E-state index contributed by atoms with van der Waals surface area (Å²) in [6, 6.07) is 6.61. The minimum atomic E-state index is -4.39. The second kappa shape index (κ2) is 5.39. The summed E-state index contributed by atoms with van der Waals surface area (Å²) < 4.78 is 38.0. The first-order chi connectivity index (χ1) is 10.4. The minimum absolute atomic E-state index is 0.264. The van der Waals surface area contributed by atoms with Gasteiger partial charge in [-0.3, -0.25) is 0 Å². The van der Waals surface area contributed by atoms with Gasteiger partial charge in [-0.1, -0.05) is 29.5 Å². The first-order valence-electron chi connectivity index (χ1n) is 6.26. The molecule has 1 aromatic carbocycles. The highest BCUT2D eigenvalue weighted by atomic mass is 35.5. The van der Waals surface area contributed by atoms with Gasteiger partial charge in [-0.05, 0) is 24.3 Å². The number of aromatic amines is 1. The summed E-state index contributed by atoms with van der Waals surface area (Å²) in [4.78, 5) is 7.07. The molecule has 2 nitrogen and oxygen atoms in total. The van der Waals surface area contributed by atoms with Gasteiger partial charge in [0.25, 0.3) is 0 Å². The Balaban J connectivity index is 1.99. The van der Waals surface area contributed by atoms with E-state index in [9.17, 15) is 13.2 Å². The van der Waals surface area contributed by atoms with Crippen molar-refractivity contribution in [2.24, 2.45) is 0 Å². The van der Waals surface area contributed by atoms with E-state index in [1.54, 1.807) is 12.3 Å². The van der Waals surface area contributed by atoms with Gasteiger partial charge >= 0.3 is 6.18 Å². The molecule has 0 saturated carbocycles. The summed E-state index contributed by atoms with van der Waals surface area (Å²) in [7, 11) is 0. The third-order valence-corrected chi connectivity index (χ3v) is 3.46. The molecule has 0 bridgehead atoms. The number of hydrogen-bond acceptors (Lipinski definition) is 1. The molecular weight excluding hydrogens is 313 g/mol.